The maximum absolute atomic E-state index is 13.4. The van der Waals surface area contributed by atoms with Gasteiger partial charge in [-0.1, -0.05) is 12.1 Å². The van der Waals surface area contributed by atoms with Crippen LogP contribution in [0.1, 0.15) is 11.4 Å². The Hall–Kier alpha value is -1.14. The Morgan fingerprint density at radius 1 is 1.19 bits per heavy atom. The molecule has 1 heterocycles. The maximum atomic E-state index is 13.4. The molecule has 0 radical (unpaired) electrons. The number of aryl methyl sites for hydroxylation is 1. The van der Waals surface area contributed by atoms with E-state index in [0.717, 1.165) is 26.0 Å². The first kappa shape index (κ1) is 14.8. The molecule has 3 aromatic rings. The number of rotatable bonds is 4. The van der Waals surface area contributed by atoms with E-state index < -0.39 is 0 Å². The van der Waals surface area contributed by atoms with Crippen LogP contribution in [0.5, 0.6) is 0 Å². The van der Waals surface area contributed by atoms with Crippen LogP contribution in [-0.4, -0.2) is 15.4 Å². The van der Waals surface area contributed by atoms with E-state index in [1.54, 1.807) is 12.1 Å². The van der Waals surface area contributed by atoms with Crippen LogP contribution in [0.15, 0.2) is 42.5 Å². The molecule has 2 nitrogen and oxygen atoms in total. The summed E-state index contributed by atoms with van der Waals surface area (Å²) in [6.45, 7) is 0.598. The lowest BCUT2D eigenvalue weighted by atomic mass is 10.2. The van der Waals surface area contributed by atoms with Gasteiger partial charge in [-0.25, -0.2) is 9.37 Å². The van der Waals surface area contributed by atoms with Crippen LogP contribution < -0.4 is 0 Å². The van der Waals surface area contributed by atoms with Crippen molar-refractivity contribution in [1.82, 2.24) is 9.55 Å². The number of halogens is 3. The molecule has 0 unspecified atom stereocenters. The summed E-state index contributed by atoms with van der Waals surface area (Å²) in [5.41, 5.74) is 2.93. The summed E-state index contributed by atoms with van der Waals surface area (Å²) >= 11 is 8.15. The maximum Gasteiger partial charge on any atom is 0.123 e. The Morgan fingerprint density at radius 3 is 2.81 bits per heavy atom. The van der Waals surface area contributed by atoms with Crippen LogP contribution in [0.2, 0.25) is 0 Å². The summed E-state index contributed by atoms with van der Waals surface area (Å²) in [4.78, 5) is 4.66. The normalized spacial score (nSPS) is 11.2. The number of alkyl halides is 1. The number of aromatic nitrogens is 2. The van der Waals surface area contributed by atoms with Crippen LogP contribution in [0.4, 0.5) is 4.39 Å². The average Bonchev–Trinajstić information content (AvgIpc) is 2.76. The zero-order chi connectivity index (χ0) is 14.8. The third kappa shape index (κ3) is 3.21. The van der Waals surface area contributed by atoms with Crippen LogP contribution in [0, 0.1) is 9.39 Å². The topological polar surface area (TPSA) is 17.8 Å². The van der Waals surface area contributed by atoms with Crippen molar-refractivity contribution in [3.8, 4) is 0 Å². The summed E-state index contributed by atoms with van der Waals surface area (Å²) in [7, 11) is 0. The van der Waals surface area contributed by atoms with Crippen LogP contribution in [0.3, 0.4) is 0 Å². The van der Waals surface area contributed by atoms with Gasteiger partial charge < -0.3 is 4.57 Å². The molecule has 0 aliphatic rings. The minimum atomic E-state index is -0.217. The van der Waals surface area contributed by atoms with Crippen molar-refractivity contribution in [3.63, 3.8) is 0 Å². The number of fused-ring (bicyclic) bond motifs is 1. The van der Waals surface area contributed by atoms with Crippen molar-refractivity contribution in [3.05, 3.63) is 63.2 Å². The first-order valence-electron chi connectivity index (χ1n) is 6.62. The van der Waals surface area contributed by atoms with Crippen molar-refractivity contribution < 1.29 is 4.39 Å². The predicted octanol–water partition coefficient (Wildman–Crippen LogP) is 4.61. The molecule has 3 rings (SSSR count). The highest BCUT2D eigenvalue weighted by atomic mass is 127. The standard InChI is InChI=1S/C16H13ClFIN2/c17-7-6-16-20-14-9-13(19)4-5-15(14)21(16)10-11-2-1-3-12(18)8-11/h1-5,8-9H,6-7,10H2. The Balaban J connectivity index is 2.08. The van der Waals surface area contributed by atoms with Crippen molar-refractivity contribution in [2.24, 2.45) is 0 Å². The number of hydrogen-bond donors (Lipinski definition) is 0. The second-order valence-corrected chi connectivity index (χ2v) is 6.44. The van der Waals surface area contributed by atoms with Gasteiger partial charge in [0.25, 0.3) is 0 Å². The molecule has 0 bridgehead atoms. The average molecular weight is 415 g/mol. The number of hydrogen-bond acceptors (Lipinski definition) is 1. The molecule has 0 aliphatic heterocycles. The van der Waals surface area contributed by atoms with Crippen molar-refractivity contribution in [2.75, 3.05) is 5.88 Å². The van der Waals surface area contributed by atoms with Gasteiger partial charge >= 0.3 is 0 Å². The highest BCUT2D eigenvalue weighted by molar-refractivity contribution is 14.1. The van der Waals surface area contributed by atoms with Gasteiger partial charge in [0.15, 0.2) is 0 Å². The Labute approximate surface area is 141 Å². The molecule has 0 saturated heterocycles. The quantitative estimate of drug-likeness (QED) is 0.450. The van der Waals surface area contributed by atoms with Crippen LogP contribution >= 0.6 is 34.2 Å². The van der Waals surface area contributed by atoms with E-state index in [1.165, 1.54) is 6.07 Å². The van der Waals surface area contributed by atoms with E-state index in [1.807, 2.05) is 6.07 Å². The van der Waals surface area contributed by atoms with Gasteiger partial charge in [-0.3, -0.25) is 0 Å². The molecule has 1 aromatic heterocycles. The summed E-state index contributed by atoms with van der Waals surface area (Å²) in [6, 6.07) is 12.8. The second-order valence-electron chi connectivity index (χ2n) is 4.82. The highest BCUT2D eigenvalue weighted by Gasteiger charge is 2.11. The van der Waals surface area contributed by atoms with E-state index in [-0.39, 0.29) is 5.82 Å². The molecule has 108 valence electrons. The molecule has 0 fully saturated rings. The molecular weight excluding hydrogens is 402 g/mol. The fourth-order valence-corrected chi connectivity index (χ4v) is 3.07. The molecule has 0 amide bonds. The second kappa shape index (κ2) is 6.32. The number of nitrogens with zero attached hydrogens (tertiary/aromatic N) is 2. The molecule has 0 saturated carbocycles. The molecule has 0 spiro atoms. The summed E-state index contributed by atoms with van der Waals surface area (Å²) in [6.07, 6.45) is 0.697. The summed E-state index contributed by atoms with van der Waals surface area (Å²) in [5.74, 6) is 1.24. The smallest absolute Gasteiger partial charge is 0.123 e. The SMILES string of the molecule is Fc1cccc(Cn2c(CCCl)nc3cc(I)ccc32)c1. The Morgan fingerprint density at radius 2 is 2.05 bits per heavy atom. The van der Waals surface area contributed by atoms with Gasteiger partial charge in [-0.05, 0) is 58.5 Å². The largest absolute Gasteiger partial charge is 0.323 e. The Kier molecular flexibility index (Phi) is 4.45. The van der Waals surface area contributed by atoms with Crippen molar-refractivity contribution >= 4 is 45.2 Å². The van der Waals surface area contributed by atoms with E-state index in [0.29, 0.717) is 18.8 Å². The van der Waals surface area contributed by atoms with Crippen molar-refractivity contribution in [2.45, 2.75) is 13.0 Å². The van der Waals surface area contributed by atoms with Crippen LogP contribution in [0.25, 0.3) is 11.0 Å². The molecule has 0 atom stereocenters. The van der Waals surface area contributed by atoms with Gasteiger partial charge in [0, 0.05) is 22.4 Å². The molecule has 2 aromatic carbocycles. The first-order valence-corrected chi connectivity index (χ1v) is 8.24. The monoisotopic (exact) mass is 414 g/mol. The molecule has 0 N–H and O–H groups in total. The van der Waals surface area contributed by atoms with E-state index >= 15 is 0 Å². The third-order valence-corrected chi connectivity index (χ3v) is 4.20. The Bertz CT molecular complexity index is 785. The molecule has 21 heavy (non-hydrogen) atoms. The minimum Gasteiger partial charge on any atom is -0.323 e. The lowest BCUT2D eigenvalue weighted by Gasteiger charge is -2.09. The molecule has 0 aliphatic carbocycles. The number of imidazole rings is 1. The first-order chi connectivity index (χ1) is 10.2. The molecule has 5 heteroatoms. The van der Waals surface area contributed by atoms with Gasteiger partial charge in [0.1, 0.15) is 11.6 Å². The molecular formula is C16H13ClFIN2. The van der Waals surface area contributed by atoms with Gasteiger partial charge in [0.05, 0.1) is 11.0 Å². The van der Waals surface area contributed by atoms with E-state index in [4.69, 9.17) is 11.6 Å². The summed E-state index contributed by atoms with van der Waals surface area (Å²) < 4.78 is 16.6. The van der Waals surface area contributed by atoms with E-state index in [2.05, 4.69) is 50.3 Å². The van der Waals surface area contributed by atoms with Crippen LogP contribution in [-0.2, 0) is 13.0 Å². The van der Waals surface area contributed by atoms with Gasteiger partial charge in [-0.2, -0.15) is 0 Å². The van der Waals surface area contributed by atoms with Gasteiger partial charge in [0.2, 0.25) is 0 Å². The predicted molar refractivity (Wildman–Crippen MR) is 92.4 cm³/mol. The zero-order valence-electron chi connectivity index (χ0n) is 11.2. The lowest BCUT2D eigenvalue weighted by molar-refractivity contribution is 0.623. The van der Waals surface area contributed by atoms with E-state index in [9.17, 15) is 4.39 Å². The van der Waals surface area contributed by atoms with Gasteiger partial charge in [-0.15, -0.1) is 11.6 Å². The highest BCUT2D eigenvalue weighted by Crippen LogP contribution is 2.21. The number of benzene rings is 2. The fraction of sp³-hybridized carbons (Fsp3) is 0.188. The fourth-order valence-electron chi connectivity index (χ4n) is 2.42. The zero-order valence-corrected chi connectivity index (χ0v) is 14.1. The lowest BCUT2D eigenvalue weighted by Crippen LogP contribution is -2.06. The summed E-state index contributed by atoms with van der Waals surface area (Å²) in [5, 5.41) is 0. The third-order valence-electron chi connectivity index (χ3n) is 3.34. The minimum absolute atomic E-state index is 0.217. The van der Waals surface area contributed by atoms with Crippen molar-refractivity contribution in [1.29, 1.82) is 0 Å².